The molecule has 4 rings (SSSR count). The predicted molar refractivity (Wildman–Crippen MR) is 121 cm³/mol. The zero-order valence-electron chi connectivity index (χ0n) is 16.7. The number of halogens is 1. The third-order valence-corrected chi connectivity index (χ3v) is 6.24. The van der Waals surface area contributed by atoms with Crippen LogP contribution in [0.5, 0.6) is 5.75 Å². The minimum Gasteiger partial charge on any atom is -0.507 e. The Labute approximate surface area is 189 Å². The number of amides is 1. The molecule has 1 unspecified atom stereocenters. The van der Waals surface area contributed by atoms with Crippen molar-refractivity contribution in [3.63, 3.8) is 0 Å². The van der Waals surface area contributed by atoms with Crippen molar-refractivity contribution in [1.82, 2.24) is 4.90 Å². The number of benzene rings is 2. The summed E-state index contributed by atoms with van der Waals surface area (Å²) in [5, 5.41) is 13.5. The molecule has 2 aromatic carbocycles. The number of hydrogen-bond acceptors (Lipinski definition) is 5. The van der Waals surface area contributed by atoms with E-state index >= 15 is 0 Å². The van der Waals surface area contributed by atoms with Gasteiger partial charge in [0.25, 0.3) is 11.7 Å². The molecule has 0 saturated carbocycles. The van der Waals surface area contributed by atoms with Crippen LogP contribution in [0.4, 0.5) is 0 Å². The number of likely N-dealkylation sites (tertiary alicyclic amines) is 1. The van der Waals surface area contributed by atoms with Crippen LogP contribution < -0.4 is 4.74 Å². The molecule has 2 heterocycles. The lowest BCUT2D eigenvalue weighted by atomic mass is 9.95. The highest BCUT2D eigenvalue weighted by Crippen LogP contribution is 2.41. The summed E-state index contributed by atoms with van der Waals surface area (Å²) in [6.07, 6.45) is 0. The van der Waals surface area contributed by atoms with Crippen molar-refractivity contribution in [2.75, 3.05) is 6.61 Å². The Bertz CT molecular complexity index is 1140. The smallest absolute Gasteiger partial charge is 0.295 e. The van der Waals surface area contributed by atoms with E-state index in [1.54, 1.807) is 18.2 Å². The van der Waals surface area contributed by atoms with Crippen molar-refractivity contribution in [3.05, 3.63) is 92.6 Å². The van der Waals surface area contributed by atoms with Crippen LogP contribution in [0.15, 0.2) is 71.6 Å². The first kappa shape index (κ1) is 21.2. The standard InChI is InChI=1S/C24H20ClNO4S/c1-2-30-19-13-16(10-11-18(19)25)22(27)20-21(15-7-4-3-5-8-15)26(24(29)23(20)28)14-17-9-6-12-31-17/h3-13,21,27H,2,14H2,1H3/b22-20-. The van der Waals surface area contributed by atoms with E-state index in [0.717, 1.165) is 10.4 Å². The van der Waals surface area contributed by atoms with Gasteiger partial charge in [-0.05, 0) is 42.1 Å². The van der Waals surface area contributed by atoms with E-state index in [0.29, 0.717) is 22.9 Å². The zero-order valence-corrected chi connectivity index (χ0v) is 18.3. The molecular formula is C24H20ClNO4S. The number of aliphatic hydroxyl groups excluding tert-OH is 1. The molecule has 1 atom stereocenters. The summed E-state index contributed by atoms with van der Waals surface area (Å²) in [4.78, 5) is 28.5. The van der Waals surface area contributed by atoms with Gasteiger partial charge in [-0.25, -0.2) is 0 Å². The quantitative estimate of drug-likeness (QED) is 0.307. The van der Waals surface area contributed by atoms with Gasteiger partial charge in [-0.1, -0.05) is 48.0 Å². The molecule has 0 spiro atoms. The van der Waals surface area contributed by atoms with Crippen molar-refractivity contribution < 1.29 is 19.4 Å². The highest BCUT2D eigenvalue weighted by molar-refractivity contribution is 7.09. The molecule has 31 heavy (non-hydrogen) atoms. The Morgan fingerprint density at radius 2 is 1.90 bits per heavy atom. The fourth-order valence-electron chi connectivity index (χ4n) is 3.67. The van der Waals surface area contributed by atoms with E-state index in [1.807, 2.05) is 54.8 Å². The van der Waals surface area contributed by atoms with E-state index in [9.17, 15) is 14.7 Å². The number of thiophene rings is 1. The van der Waals surface area contributed by atoms with Crippen LogP contribution in [0.3, 0.4) is 0 Å². The number of ketones is 1. The Balaban J connectivity index is 1.85. The maximum absolute atomic E-state index is 13.1. The maximum Gasteiger partial charge on any atom is 0.295 e. The maximum atomic E-state index is 13.1. The third-order valence-electron chi connectivity index (χ3n) is 5.07. The number of aliphatic hydroxyl groups is 1. The highest BCUT2D eigenvalue weighted by atomic mass is 35.5. The Hall–Kier alpha value is -3.09. The van der Waals surface area contributed by atoms with Gasteiger partial charge in [0.2, 0.25) is 0 Å². The summed E-state index contributed by atoms with van der Waals surface area (Å²) >= 11 is 7.68. The van der Waals surface area contributed by atoms with Crippen molar-refractivity contribution in [3.8, 4) is 5.75 Å². The molecule has 0 bridgehead atoms. The van der Waals surface area contributed by atoms with Crippen LogP contribution in [0, 0.1) is 0 Å². The minimum absolute atomic E-state index is 0.0533. The van der Waals surface area contributed by atoms with Gasteiger partial charge in [0.1, 0.15) is 11.5 Å². The number of nitrogens with zero attached hydrogens (tertiary/aromatic N) is 1. The third kappa shape index (κ3) is 4.09. The Morgan fingerprint density at radius 3 is 2.58 bits per heavy atom. The first-order valence-corrected chi connectivity index (χ1v) is 11.1. The lowest BCUT2D eigenvalue weighted by molar-refractivity contribution is -0.140. The van der Waals surface area contributed by atoms with Crippen LogP contribution in [0.2, 0.25) is 5.02 Å². The fourth-order valence-corrected chi connectivity index (χ4v) is 4.54. The normalized spacial score (nSPS) is 17.9. The molecule has 1 amide bonds. The zero-order chi connectivity index (χ0) is 22.0. The second-order valence-electron chi connectivity index (χ2n) is 7.00. The summed E-state index contributed by atoms with van der Waals surface area (Å²) in [5.74, 6) is -1.20. The minimum atomic E-state index is -0.712. The van der Waals surface area contributed by atoms with Gasteiger partial charge in [-0.15, -0.1) is 11.3 Å². The molecule has 158 valence electrons. The van der Waals surface area contributed by atoms with Crippen molar-refractivity contribution >= 4 is 40.4 Å². The lowest BCUT2D eigenvalue weighted by Gasteiger charge is -2.25. The largest absolute Gasteiger partial charge is 0.507 e. The van der Waals surface area contributed by atoms with Gasteiger partial charge < -0.3 is 14.7 Å². The Morgan fingerprint density at radius 1 is 1.13 bits per heavy atom. The molecule has 0 radical (unpaired) electrons. The topological polar surface area (TPSA) is 66.8 Å². The van der Waals surface area contributed by atoms with E-state index < -0.39 is 17.7 Å². The second kappa shape index (κ2) is 8.96. The number of hydrogen-bond donors (Lipinski definition) is 1. The molecule has 7 heteroatoms. The number of carbonyl (C=O) groups is 2. The van der Waals surface area contributed by atoms with Crippen LogP contribution in [0.1, 0.15) is 29.0 Å². The van der Waals surface area contributed by atoms with Crippen LogP contribution in [-0.4, -0.2) is 28.3 Å². The summed E-state index contributed by atoms with van der Waals surface area (Å²) in [7, 11) is 0. The first-order chi connectivity index (χ1) is 15.0. The highest BCUT2D eigenvalue weighted by Gasteiger charge is 2.46. The van der Waals surface area contributed by atoms with Crippen molar-refractivity contribution in [2.45, 2.75) is 19.5 Å². The van der Waals surface area contributed by atoms with Gasteiger partial charge in [0.15, 0.2) is 0 Å². The summed E-state index contributed by atoms with van der Waals surface area (Å²) in [6, 6.07) is 17.1. The van der Waals surface area contributed by atoms with Gasteiger partial charge in [-0.3, -0.25) is 9.59 Å². The van der Waals surface area contributed by atoms with Crippen LogP contribution in [0.25, 0.3) is 5.76 Å². The molecule has 1 aromatic heterocycles. The molecule has 1 fully saturated rings. The van der Waals surface area contributed by atoms with Gasteiger partial charge in [0, 0.05) is 10.4 Å². The van der Waals surface area contributed by atoms with E-state index in [4.69, 9.17) is 16.3 Å². The van der Waals surface area contributed by atoms with E-state index in [1.165, 1.54) is 16.2 Å². The van der Waals surface area contributed by atoms with Crippen LogP contribution in [-0.2, 0) is 16.1 Å². The SMILES string of the molecule is CCOc1cc(/C(O)=C2/C(=O)C(=O)N(Cc3cccs3)C2c2ccccc2)ccc1Cl. The molecule has 1 N–H and O–H groups in total. The number of carbonyl (C=O) groups excluding carboxylic acids is 2. The molecule has 1 aliphatic rings. The molecule has 0 aliphatic carbocycles. The second-order valence-corrected chi connectivity index (χ2v) is 8.43. The molecule has 3 aromatic rings. The lowest BCUT2D eigenvalue weighted by Crippen LogP contribution is -2.28. The van der Waals surface area contributed by atoms with Gasteiger partial charge in [0.05, 0.1) is 29.8 Å². The number of ether oxygens (including phenoxy) is 1. The van der Waals surface area contributed by atoms with E-state index in [-0.39, 0.29) is 17.9 Å². The molecular weight excluding hydrogens is 434 g/mol. The van der Waals surface area contributed by atoms with Crippen molar-refractivity contribution in [1.29, 1.82) is 0 Å². The van der Waals surface area contributed by atoms with Gasteiger partial charge in [-0.2, -0.15) is 0 Å². The van der Waals surface area contributed by atoms with Crippen molar-refractivity contribution in [2.24, 2.45) is 0 Å². The first-order valence-electron chi connectivity index (χ1n) is 9.79. The molecule has 1 aliphatic heterocycles. The molecule has 5 nitrogen and oxygen atoms in total. The average molecular weight is 454 g/mol. The van der Waals surface area contributed by atoms with E-state index in [2.05, 4.69) is 0 Å². The van der Waals surface area contributed by atoms with Gasteiger partial charge >= 0.3 is 0 Å². The summed E-state index contributed by atoms with van der Waals surface area (Å²) in [6.45, 7) is 2.51. The summed E-state index contributed by atoms with van der Waals surface area (Å²) < 4.78 is 5.51. The average Bonchev–Trinajstić information content (AvgIpc) is 3.38. The fraction of sp³-hybridized carbons (Fsp3) is 0.167. The van der Waals surface area contributed by atoms with Crippen LogP contribution >= 0.6 is 22.9 Å². The number of Topliss-reactive ketones (excluding diaryl/α,β-unsaturated/α-hetero) is 1. The molecule has 1 saturated heterocycles. The summed E-state index contributed by atoms with van der Waals surface area (Å²) in [5.41, 5.74) is 1.17. The Kier molecular flexibility index (Phi) is 6.11. The monoisotopic (exact) mass is 453 g/mol. The number of rotatable bonds is 6. The predicted octanol–water partition coefficient (Wildman–Crippen LogP) is 5.42.